The predicted octanol–water partition coefficient (Wildman–Crippen LogP) is 6.26. The molecular formula is C20H23Cl3O4S. The average Bonchev–Trinajstić information content (AvgIpc) is 2.68. The van der Waals surface area contributed by atoms with Crippen LogP contribution in [0, 0.1) is 5.92 Å². The summed E-state index contributed by atoms with van der Waals surface area (Å²) in [5.74, 6) is 1.75. The molecule has 154 valence electrons. The Hall–Kier alpha value is -1.14. The van der Waals surface area contributed by atoms with Gasteiger partial charge >= 0.3 is 0 Å². The van der Waals surface area contributed by atoms with Crippen LogP contribution in [-0.2, 0) is 9.84 Å². The summed E-state index contributed by atoms with van der Waals surface area (Å²) < 4.78 is 37.0. The summed E-state index contributed by atoms with van der Waals surface area (Å²) in [6, 6.07) is 8.98. The van der Waals surface area contributed by atoms with Crippen LogP contribution in [0.25, 0.3) is 0 Å². The van der Waals surface area contributed by atoms with E-state index in [-0.39, 0.29) is 25.6 Å². The minimum Gasteiger partial charge on any atom is -0.493 e. The third-order valence-electron chi connectivity index (χ3n) is 4.17. The Balaban J connectivity index is 2.22. The van der Waals surface area contributed by atoms with E-state index in [2.05, 4.69) is 13.8 Å². The van der Waals surface area contributed by atoms with E-state index in [1.54, 1.807) is 12.1 Å². The van der Waals surface area contributed by atoms with Crippen molar-refractivity contribution in [3.05, 3.63) is 46.4 Å². The molecule has 0 unspecified atom stereocenters. The van der Waals surface area contributed by atoms with Crippen molar-refractivity contribution in [2.75, 3.05) is 19.1 Å². The van der Waals surface area contributed by atoms with Crippen LogP contribution in [-0.4, -0.2) is 27.5 Å². The zero-order chi connectivity index (χ0) is 20.7. The second kappa shape index (κ2) is 10.6. The van der Waals surface area contributed by atoms with Crippen LogP contribution < -0.4 is 9.47 Å². The summed E-state index contributed by atoms with van der Waals surface area (Å²) in [5, 5.41) is 0.267. The molecule has 28 heavy (non-hydrogen) atoms. The molecule has 0 saturated heterocycles. The Kier molecular flexibility index (Phi) is 8.75. The second-order valence-corrected chi connectivity index (χ2v) is 9.55. The zero-order valence-corrected chi connectivity index (χ0v) is 18.8. The minimum absolute atomic E-state index is 0.000432. The Morgan fingerprint density at radius 3 is 2.14 bits per heavy atom. The topological polar surface area (TPSA) is 52.6 Å². The van der Waals surface area contributed by atoms with Crippen molar-refractivity contribution in [2.24, 2.45) is 5.92 Å². The van der Waals surface area contributed by atoms with Gasteiger partial charge in [-0.2, -0.15) is 0 Å². The Morgan fingerprint density at radius 1 is 1.00 bits per heavy atom. The molecule has 0 N–H and O–H groups in total. The van der Waals surface area contributed by atoms with E-state index in [9.17, 15) is 8.42 Å². The highest BCUT2D eigenvalue weighted by atomic mass is 35.5. The van der Waals surface area contributed by atoms with Crippen LogP contribution in [0.5, 0.6) is 11.5 Å². The summed E-state index contributed by atoms with van der Waals surface area (Å²) >= 11 is 18.0. The first-order chi connectivity index (χ1) is 13.3. The largest absolute Gasteiger partial charge is 0.493 e. The molecule has 0 fully saturated rings. The van der Waals surface area contributed by atoms with Gasteiger partial charge in [0.15, 0.2) is 5.75 Å². The first kappa shape index (κ1) is 23.1. The molecular weight excluding hydrogens is 443 g/mol. The highest BCUT2D eigenvalue weighted by molar-refractivity contribution is 7.91. The lowest BCUT2D eigenvalue weighted by Gasteiger charge is -2.13. The molecule has 0 spiro atoms. The van der Waals surface area contributed by atoms with Gasteiger partial charge in [0.25, 0.3) is 0 Å². The average molecular weight is 466 g/mol. The van der Waals surface area contributed by atoms with Gasteiger partial charge in [-0.05, 0) is 48.7 Å². The number of hydrogen-bond acceptors (Lipinski definition) is 4. The number of alkyl halides is 1. The van der Waals surface area contributed by atoms with Crippen molar-refractivity contribution in [1.82, 2.24) is 0 Å². The van der Waals surface area contributed by atoms with Crippen molar-refractivity contribution in [3.8, 4) is 11.5 Å². The predicted molar refractivity (Wildman–Crippen MR) is 114 cm³/mol. The summed E-state index contributed by atoms with van der Waals surface area (Å²) in [6.45, 7) is 5.11. The van der Waals surface area contributed by atoms with Crippen molar-refractivity contribution >= 4 is 44.6 Å². The van der Waals surface area contributed by atoms with E-state index in [0.717, 1.165) is 6.42 Å². The maximum Gasteiger partial charge on any atom is 0.206 e. The second-order valence-electron chi connectivity index (χ2n) is 6.41. The molecule has 0 aromatic heterocycles. The Bertz CT molecular complexity index is 860. The minimum atomic E-state index is -3.78. The molecule has 1 atom stereocenters. The lowest BCUT2D eigenvalue weighted by Crippen LogP contribution is -2.07. The van der Waals surface area contributed by atoms with Gasteiger partial charge in [0.05, 0.1) is 33.0 Å². The molecule has 0 radical (unpaired) electrons. The first-order valence-corrected chi connectivity index (χ1v) is 11.7. The van der Waals surface area contributed by atoms with E-state index in [0.29, 0.717) is 37.2 Å². The van der Waals surface area contributed by atoms with Gasteiger partial charge < -0.3 is 9.47 Å². The molecule has 0 aliphatic rings. The van der Waals surface area contributed by atoms with Gasteiger partial charge in [0.1, 0.15) is 5.75 Å². The molecule has 2 rings (SSSR count). The van der Waals surface area contributed by atoms with Crippen molar-refractivity contribution in [2.45, 2.75) is 36.5 Å². The molecule has 0 aliphatic heterocycles. The van der Waals surface area contributed by atoms with Crippen molar-refractivity contribution in [1.29, 1.82) is 0 Å². The fraction of sp³-hybridized carbons (Fsp3) is 0.400. The van der Waals surface area contributed by atoms with E-state index >= 15 is 0 Å². The fourth-order valence-corrected chi connectivity index (χ4v) is 4.41. The maximum absolute atomic E-state index is 12.9. The van der Waals surface area contributed by atoms with Crippen LogP contribution >= 0.6 is 34.8 Å². The third-order valence-corrected chi connectivity index (χ3v) is 6.75. The van der Waals surface area contributed by atoms with Crippen molar-refractivity contribution < 1.29 is 17.9 Å². The maximum atomic E-state index is 12.9. The Morgan fingerprint density at radius 2 is 1.61 bits per heavy atom. The first-order valence-electron chi connectivity index (χ1n) is 8.95. The fourth-order valence-electron chi connectivity index (χ4n) is 2.27. The van der Waals surface area contributed by atoms with E-state index in [4.69, 9.17) is 44.3 Å². The van der Waals surface area contributed by atoms with Crippen LogP contribution in [0.3, 0.4) is 0 Å². The van der Waals surface area contributed by atoms with Gasteiger partial charge in [0, 0.05) is 5.88 Å². The van der Waals surface area contributed by atoms with Gasteiger partial charge in [-0.3, -0.25) is 0 Å². The lowest BCUT2D eigenvalue weighted by atomic mass is 10.1. The number of benzene rings is 2. The number of ether oxygens (including phenoxy) is 2. The molecule has 2 aromatic rings. The monoisotopic (exact) mass is 464 g/mol. The highest BCUT2D eigenvalue weighted by Gasteiger charge is 2.21. The zero-order valence-electron chi connectivity index (χ0n) is 15.8. The molecule has 0 amide bonds. The van der Waals surface area contributed by atoms with Gasteiger partial charge in [-0.25, -0.2) is 8.42 Å². The normalized spacial score (nSPS) is 12.6. The van der Waals surface area contributed by atoms with E-state index in [1.165, 1.54) is 24.3 Å². The SMILES string of the molecule is CC[C@H](C)COc1ccc(S(=O)(=O)c2cc(Cl)c(OCCCCl)c(Cl)c2)cc1. The number of halogens is 3. The van der Waals surface area contributed by atoms with Crippen LogP contribution in [0.15, 0.2) is 46.2 Å². The van der Waals surface area contributed by atoms with Crippen molar-refractivity contribution in [3.63, 3.8) is 0 Å². The summed E-state index contributed by atoms with van der Waals surface area (Å²) in [7, 11) is -3.78. The van der Waals surface area contributed by atoms with Crippen LogP contribution in [0.4, 0.5) is 0 Å². The molecule has 4 nitrogen and oxygen atoms in total. The van der Waals surface area contributed by atoms with Gasteiger partial charge in [-0.1, -0.05) is 43.5 Å². The van der Waals surface area contributed by atoms with Gasteiger partial charge in [0.2, 0.25) is 9.84 Å². The lowest BCUT2D eigenvalue weighted by molar-refractivity contribution is 0.256. The standard InChI is InChI=1S/C20H23Cl3O4S/c1-3-14(2)13-27-15-5-7-16(8-6-15)28(24,25)17-11-18(22)20(19(23)12-17)26-10-4-9-21/h5-8,11-12,14H,3-4,9-10,13H2,1-2H3/t14-/m0/s1. The van der Waals surface area contributed by atoms with Crippen LogP contribution in [0.2, 0.25) is 10.0 Å². The molecule has 0 aliphatic carbocycles. The Labute approximate surface area is 181 Å². The van der Waals surface area contributed by atoms with Crippen LogP contribution in [0.1, 0.15) is 26.7 Å². The number of rotatable bonds is 10. The molecule has 8 heteroatoms. The molecule has 0 bridgehead atoms. The summed E-state index contributed by atoms with van der Waals surface area (Å²) in [5.41, 5.74) is 0. The third kappa shape index (κ3) is 5.93. The van der Waals surface area contributed by atoms with E-state index in [1.807, 2.05) is 0 Å². The number of hydrogen-bond donors (Lipinski definition) is 0. The molecule has 2 aromatic carbocycles. The number of sulfone groups is 1. The summed E-state index contributed by atoms with van der Waals surface area (Å²) in [4.78, 5) is 0.131. The van der Waals surface area contributed by atoms with Gasteiger partial charge in [-0.15, -0.1) is 11.6 Å². The quantitative estimate of drug-likeness (QED) is 0.307. The smallest absolute Gasteiger partial charge is 0.206 e. The summed E-state index contributed by atoms with van der Waals surface area (Å²) in [6.07, 6.45) is 1.64. The molecule has 0 heterocycles. The highest BCUT2D eigenvalue weighted by Crippen LogP contribution is 2.37. The van der Waals surface area contributed by atoms with E-state index < -0.39 is 9.84 Å². The molecule has 0 saturated carbocycles.